The van der Waals surface area contributed by atoms with Crippen molar-refractivity contribution in [1.29, 1.82) is 0 Å². The highest BCUT2D eigenvalue weighted by Gasteiger charge is 2.14. The van der Waals surface area contributed by atoms with E-state index in [4.69, 9.17) is 18.9 Å². The van der Waals surface area contributed by atoms with Crippen LogP contribution in [0.3, 0.4) is 0 Å². The molecule has 0 spiro atoms. The van der Waals surface area contributed by atoms with Crippen molar-refractivity contribution in [2.45, 2.75) is 27.0 Å². The number of hydrogen-bond donors (Lipinski definition) is 1. The Kier molecular flexibility index (Phi) is 6.19. The van der Waals surface area contributed by atoms with Crippen molar-refractivity contribution in [1.82, 2.24) is 5.32 Å². The van der Waals surface area contributed by atoms with E-state index in [2.05, 4.69) is 19.2 Å². The van der Waals surface area contributed by atoms with Gasteiger partial charge in [-0.1, -0.05) is 19.9 Å². The van der Waals surface area contributed by atoms with Crippen LogP contribution >= 0.6 is 0 Å². The minimum absolute atomic E-state index is 0.152. The molecule has 0 atom stereocenters. The summed E-state index contributed by atoms with van der Waals surface area (Å²) in [6, 6.07) is 11.0. The fourth-order valence-electron chi connectivity index (χ4n) is 2.77. The molecule has 27 heavy (non-hydrogen) atoms. The van der Waals surface area contributed by atoms with Crippen molar-refractivity contribution in [3.05, 3.63) is 53.1 Å². The normalized spacial score (nSPS) is 12.3. The number of carbonyl (C=O) groups is 1. The molecule has 2 aromatic carbocycles. The minimum Gasteiger partial charge on any atom is -0.496 e. The number of rotatable bonds is 8. The van der Waals surface area contributed by atoms with Crippen molar-refractivity contribution in [2.24, 2.45) is 5.92 Å². The summed E-state index contributed by atoms with van der Waals surface area (Å²) in [5.74, 6) is 2.44. The molecule has 6 heteroatoms. The maximum Gasteiger partial charge on any atom is 0.251 e. The average molecular weight is 371 g/mol. The lowest BCUT2D eigenvalue weighted by atomic mass is 10.1. The summed E-state index contributed by atoms with van der Waals surface area (Å²) in [7, 11) is 1.61. The van der Waals surface area contributed by atoms with E-state index < -0.39 is 0 Å². The van der Waals surface area contributed by atoms with Crippen LogP contribution in [0.2, 0.25) is 0 Å². The Balaban J connectivity index is 1.63. The number of carbonyl (C=O) groups excluding carboxylic acids is 1. The van der Waals surface area contributed by atoms with E-state index in [1.807, 2.05) is 24.3 Å². The third-order valence-corrected chi connectivity index (χ3v) is 4.14. The lowest BCUT2D eigenvalue weighted by molar-refractivity contribution is 0.0937. The van der Waals surface area contributed by atoms with E-state index in [0.29, 0.717) is 42.7 Å². The summed E-state index contributed by atoms with van der Waals surface area (Å²) in [5, 5.41) is 2.93. The van der Waals surface area contributed by atoms with Gasteiger partial charge in [0.05, 0.1) is 13.7 Å². The molecule has 144 valence electrons. The Morgan fingerprint density at radius 1 is 1.15 bits per heavy atom. The van der Waals surface area contributed by atoms with Crippen LogP contribution in [0.25, 0.3) is 0 Å². The molecule has 1 aliphatic rings. The molecule has 1 N–H and O–H groups in total. The van der Waals surface area contributed by atoms with Gasteiger partial charge in [0, 0.05) is 24.3 Å². The predicted molar refractivity (Wildman–Crippen MR) is 101 cm³/mol. The Morgan fingerprint density at radius 3 is 2.74 bits per heavy atom. The van der Waals surface area contributed by atoms with Crippen LogP contribution in [0.5, 0.6) is 17.2 Å². The third kappa shape index (κ3) is 4.92. The molecule has 0 fully saturated rings. The van der Waals surface area contributed by atoms with Gasteiger partial charge in [-0.2, -0.15) is 0 Å². The van der Waals surface area contributed by atoms with Crippen LogP contribution in [0.4, 0.5) is 0 Å². The summed E-state index contributed by atoms with van der Waals surface area (Å²) in [5.41, 5.74) is 2.37. The van der Waals surface area contributed by atoms with E-state index in [0.717, 1.165) is 16.9 Å². The minimum atomic E-state index is -0.152. The SMILES string of the molecule is COc1ccc(C(=O)NCc2ccc3c(c2)OCO3)cc1COCC(C)C. The molecule has 0 aromatic heterocycles. The predicted octanol–water partition coefficient (Wildman–Crippen LogP) is 3.53. The van der Waals surface area contributed by atoms with Crippen LogP contribution in [-0.2, 0) is 17.9 Å². The first-order valence-electron chi connectivity index (χ1n) is 8.98. The fraction of sp³-hybridized carbons (Fsp3) is 0.381. The first-order chi connectivity index (χ1) is 13.1. The van der Waals surface area contributed by atoms with Gasteiger partial charge in [-0.15, -0.1) is 0 Å². The molecule has 1 heterocycles. The summed E-state index contributed by atoms with van der Waals surface area (Å²) in [6.45, 7) is 5.89. The molecule has 0 unspecified atom stereocenters. The molecule has 0 radical (unpaired) electrons. The quantitative estimate of drug-likeness (QED) is 0.769. The summed E-state index contributed by atoms with van der Waals surface area (Å²) in [4.78, 5) is 12.5. The van der Waals surface area contributed by atoms with Gasteiger partial charge in [0.15, 0.2) is 11.5 Å². The smallest absolute Gasteiger partial charge is 0.251 e. The van der Waals surface area contributed by atoms with Gasteiger partial charge in [-0.3, -0.25) is 4.79 Å². The van der Waals surface area contributed by atoms with Crippen LogP contribution in [0.1, 0.15) is 35.3 Å². The summed E-state index contributed by atoms with van der Waals surface area (Å²) in [6.07, 6.45) is 0. The third-order valence-electron chi connectivity index (χ3n) is 4.14. The second-order valence-corrected chi connectivity index (χ2v) is 6.81. The van der Waals surface area contributed by atoms with E-state index in [-0.39, 0.29) is 12.7 Å². The zero-order valence-electron chi connectivity index (χ0n) is 15.9. The zero-order valence-corrected chi connectivity index (χ0v) is 15.9. The number of benzene rings is 2. The highest BCUT2D eigenvalue weighted by Crippen LogP contribution is 2.32. The van der Waals surface area contributed by atoms with Gasteiger partial charge in [0.2, 0.25) is 6.79 Å². The maximum atomic E-state index is 12.5. The Hall–Kier alpha value is -2.73. The van der Waals surface area contributed by atoms with Crippen molar-refractivity contribution in [3.8, 4) is 17.2 Å². The van der Waals surface area contributed by atoms with Gasteiger partial charge >= 0.3 is 0 Å². The molecular weight excluding hydrogens is 346 g/mol. The standard InChI is InChI=1S/C21H25NO5/c1-14(2)11-25-12-17-9-16(5-7-18(17)24-3)21(23)22-10-15-4-6-19-20(8-15)27-13-26-19/h4-9,14H,10-13H2,1-3H3,(H,22,23). The Labute approximate surface area is 159 Å². The highest BCUT2D eigenvalue weighted by atomic mass is 16.7. The average Bonchev–Trinajstić information content (AvgIpc) is 3.13. The van der Waals surface area contributed by atoms with Crippen LogP contribution < -0.4 is 19.5 Å². The van der Waals surface area contributed by atoms with Crippen LogP contribution in [0.15, 0.2) is 36.4 Å². The largest absolute Gasteiger partial charge is 0.496 e. The highest BCUT2D eigenvalue weighted by molar-refractivity contribution is 5.94. The summed E-state index contributed by atoms with van der Waals surface area (Å²) < 4.78 is 21.7. The van der Waals surface area contributed by atoms with Gasteiger partial charge in [-0.05, 0) is 41.8 Å². The number of ether oxygens (including phenoxy) is 4. The Bertz CT molecular complexity index is 803. The van der Waals surface area contributed by atoms with Crippen molar-refractivity contribution < 1.29 is 23.7 Å². The van der Waals surface area contributed by atoms with E-state index in [9.17, 15) is 4.79 Å². The van der Waals surface area contributed by atoms with Crippen molar-refractivity contribution in [2.75, 3.05) is 20.5 Å². The number of amides is 1. The second kappa shape index (κ2) is 8.77. The monoisotopic (exact) mass is 371 g/mol. The molecule has 6 nitrogen and oxygen atoms in total. The van der Waals surface area contributed by atoms with E-state index in [1.54, 1.807) is 19.2 Å². The molecule has 0 bridgehead atoms. The van der Waals surface area contributed by atoms with Crippen molar-refractivity contribution in [3.63, 3.8) is 0 Å². The molecule has 0 aliphatic carbocycles. The number of methoxy groups -OCH3 is 1. The second-order valence-electron chi connectivity index (χ2n) is 6.81. The molecule has 2 aromatic rings. The van der Waals surface area contributed by atoms with Gasteiger partial charge in [0.25, 0.3) is 5.91 Å². The Morgan fingerprint density at radius 2 is 1.96 bits per heavy atom. The number of hydrogen-bond acceptors (Lipinski definition) is 5. The molecule has 3 rings (SSSR count). The van der Waals surface area contributed by atoms with E-state index >= 15 is 0 Å². The van der Waals surface area contributed by atoms with Crippen LogP contribution in [0, 0.1) is 5.92 Å². The van der Waals surface area contributed by atoms with Gasteiger partial charge < -0.3 is 24.3 Å². The fourth-order valence-corrected chi connectivity index (χ4v) is 2.77. The van der Waals surface area contributed by atoms with Crippen LogP contribution in [-0.4, -0.2) is 26.4 Å². The first-order valence-corrected chi connectivity index (χ1v) is 8.98. The molecule has 1 aliphatic heterocycles. The molecule has 1 amide bonds. The number of fused-ring (bicyclic) bond motifs is 1. The molecule has 0 saturated carbocycles. The lowest BCUT2D eigenvalue weighted by Crippen LogP contribution is -2.23. The maximum absolute atomic E-state index is 12.5. The first kappa shape index (κ1) is 19.0. The van der Waals surface area contributed by atoms with Crippen molar-refractivity contribution >= 4 is 5.91 Å². The van der Waals surface area contributed by atoms with Gasteiger partial charge in [0.1, 0.15) is 5.75 Å². The van der Waals surface area contributed by atoms with Gasteiger partial charge in [-0.25, -0.2) is 0 Å². The lowest BCUT2D eigenvalue weighted by Gasteiger charge is -2.13. The number of nitrogens with one attached hydrogen (secondary N) is 1. The molecular formula is C21H25NO5. The zero-order chi connectivity index (χ0) is 19.2. The molecule has 0 saturated heterocycles. The topological polar surface area (TPSA) is 66.0 Å². The summed E-state index contributed by atoms with van der Waals surface area (Å²) >= 11 is 0. The van der Waals surface area contributed by atoms with E-state index in [1.165, 1.54) is 0 Å².